The zero-order chi connectivity index (χ0) is 17.6. The number of hydrogen-bond acceptors (Lipinski definition) is 4. The van der Waals surface area contributed by atoms with Gasteiger partial charge in [0.2, 0.25) is 5.91 Å². The Morgan fingerprint density at radius 3 is 2.64 bits per heavy atom. The number of Topliss-reactive ketones (excluding diaryl/α,β-unsaturated/α-hetero) is 1. The summed E-state index contributed by atoms with van der Waals surface area (Å²) in [4.78, 5) is 35.5. The highest BCUT2D eigenvalue weighted by Gasteiger charge is 2.19. The summed E-state index contributed by atoms with van der Waals surface area (Å²) in [6, 6.07) is 14.2. The van der Waals surface area contributed by atoms with Crippen molar-refractivity contribution in [1.82, 2.24) is 0 Å². The van der Waals surface area contributed by atoms with E-state index in [1.807, 2.05) is 18.2 Å². The van der Waals surface area contributed by atoms with Gasteiger partial charge in [-0.25, -0.2) is 0 Å². The Bertz CT molecular complexity index is 802. The molecule has 0 atom stereocenters. The molecule has 0 saturated heterocycles. The highest BCUT2D eigenvalue weighted by Crippen LogP contribution is 2.35. The molecule has 2 amide bonds. The zero-order valence-corrected chi connectivity index (χ0v) is 13.6. The van der Waals surface area contributed by atoms with Gasteiger partial charge in [-0.15, -0.1) is 0 Å². The topological polar surface area (TPSA) is 84.5 Å². The number of carbonyl (C=O) groups excluding carboxylic acids is 3. The third-order valence-corrected chi connectivity index (χ3v) is 3.81. The summed E-state index contributed by atoms with van der Waals surface area (Å²) in [6.45, 7) is -0.0779. The van der Waals surface area contributed by atoms with Crippen LogP contribution in [0.5, 0.6) is 5.75 Å². The maximum absolute atomic E-state index is 12.1. The summed E-state index contributed by atoms with van der Waals surface area (Å²) in [5.74, 6) is 0.0533. The lowest BCUT2D eigenvalue weighted by Gasteiger charge is -2.20. The number of benzene rings is 2. The second kappa shape index (κ2) is 7.61. The molecule has 0 spiro atoms. The van der Waals surface area contributed by atoms with Crippen LogP contribution in [0.4, 0.5) is 11.4 Å². The predicted octanol–water partition coefficient (Wildman–Crippen LogP) is 3.01. The lowest BCUT2D eigenvalue weighted by Crippen LogP contribution is -2.26. The quantitative estimate of drug-likeness (QED) is 0.793. The number of rotatable bonds is 6. The van der Waals surface area contributed by atoms with Crippen molar-refractivity contribution in [3.8, 4) is 5.75 Å². The van der Waals surface area contributed by atoms with Crippen molar-refractivity contribution in [2.24, 2.45) is 0 Å². The van der Waals surface area contributed by atoms with Crippen LogP contribution in [0.2, 0.25) is 0 Å². The fraction of sp³-hybridized carbons (Fsp3) is 0.211. The number of ether oxygens (including phenoxy) is 1. The lowest BCUT2D eigenvalue weighted by molar-refractivity contribution is -0.118. The smallest absolute Gasteiger partial charge is 0.262 e. The largest absolute Gasteiger partial charge is 0.479 e. The molecule has 0 aromatic heterocycles. The van der Waals surface area contributed by atoms with Gasteiger partial charge in [0, 0.05) is 18.4 Å². The van der Waals surface area contributed by atoms with E-state index >= 15 is 0 Å². The first-order valence-corrected chi connectivity index (χ1v) is 8.07. The first-order valence-electron chi connectivity index (χ1n) is 8.07. The van der Waals surface area contributed by atoms with E-state index in [0.29, 0.717) is 35.5 Å². The maximum atomic E-state index is 12.1. The van der Waals surface area contributed by atoms with Crippen LogP contribution in [0, 0.1) is 0 Å². The molecule has 1 aliphatic heterocycles. The van der Waals surface area contributed by atoms with Gasteiger partial charge in [-0.05, 0) is 18.6 Å². The van der Waals surface area contributed by atoms with Gasteiger partial charge in [0.25, 0.3) is 5.91 Å². The normalized spacial score (nSPS) is 12.6. The number of carbonyl (C=O) groups is 3. The molecule has 2 aromatic carbocycles. The number of para-hydroxylation sites is 1. The van der Waals surface area contributed by atoms with Gasteiger partial charge >= 0.3 is 0 Å². The SMILES string of the molecule is O=C(CCCC(=O)c1ccccc1)Nc1cccc2c1OCC(=O)N2. The Morgan fingerprint density at radius 1 is 1.04 bits per heavy atom. The molecule has 2 aromatic rings. The molecule has 1 heterocycles. The van der Waals surface area contributed by atoms with Crippen molar-refractivity contribution < 1.29 is 19.1 Å². The van der Waals surface area contributed by atoms with Gasteiger partial charge in [-0.3, -0.25) is 14.4 Å². The third-order valence-electron chi connectivity index (χ3n) is 3.81. The molecule has 25 heavy (non-hydrogen) atoms. The Hall–Kier alpha value is -3.15. The molecule has 6 heteroatoms. The number of hydrogen-bond donors (Lipinski definition) is 2. The van der Waals surface area contributed by atoms with Crippen LogP contribution in [0.1, 0.15) is 29.6 Å². The van der Waals surface area contributed by atoms with E-state index in [0.717, 1.165) is 0 Å². The van der Waals surface area contributed by atoms with Crippen molar-refractivity contribution in [1.29, 1.82) is 0 Å². The van der Waals surface area contributed by atoms with E-state index < -0.39 is 0 Å². The van der Waals surface area contributed by atoms with Gasteiger partial charge in [-0.2, -0.15) is 0 Å². The van der Waals surface area contributed by atoms with Crippen LogP contribution in [-0.4, -0.2) is 24.2 Å². The fourth-order valence-corrected chi connectivity index (χ4v) is 2.60. The van der Waals surface area contributed by atoms with Crippen molar-refractivity contribution in [2.45, 2.75) is 19.3 Å². The molecular weight excluding hydrogens is 320 g/mol. The predicted molar refractivity (Wildman–Crippen MR) is 93.8 cm³/mol. The summed E-state index contributed by atoms with van der Waals surface area (Å²) in [6.07, 6.45) is 1.01. The minimum Gasteiger partial charge on any atom is -0.479 e. The molecule has 1 aliphatic rings. The van der Waals surface area contributed by atoms with Crippen LogP contribution in [0.3, 0.4) is 0 Å². The van der Waals surface area contributed by atoms with E-state index in [-0.39, 0.29) is 30.6 Å². The van der Waals surface area contributed by atoms with E-state index in [1.165, 1.54) is 0 Å². The summed E-state index contributed by atoms with van der Waals surface area (Å²) < 4.78 is 5.39. The van der Waals surface area contributed by atoms with Crippen LogP contribution < -0.4 is 15.4 Å². The van der Waals surface area contributed by atoms with Crippen molar-refractivity contribution in [2.75, 3.05) is 17.2 Å². The minimum absolute atomic E-state index is 0.0246. The highest BCUT2D eigenvalue weighted by atomic mass is 16.5. The van der Waals surface area contributed by atoms with E-state index in [4.69, 9.17) is 4.74 Å². The molecular formula is C19H18N2O4. The summed E-state index contributed by atoms with van der Waals surface area (Å²) >= 11 is 0. The molecule has 3 rings (SSSR count). The molecule has 0 saturated carbocycles. The number of nitrogens with one attached hydrogen (secondary N) is 2. The second-order valence-corrected chi connectivity index (χ2v) is 5.71. The van der Waals surface area contributed by atoms with Crippen LogP contribution in [0.25, 0.3) is 0 Å². The van der Waals surface area contributed by atoms with Gasteiger partial charge in [0.15, 0.2) is 18.1 Å². The van der Waals surface area contributed by atoms with Crippen molar-refractivity contribution in [3.63, 3.8) is 0 Å². The fourth-order valence-electron chi connectivity index (χ4n) is 2.60. The summed E-state index contributed by atoms with van der Waals surface area (Å²) in [7, 11) is 0. The molecule has 128 valence electrons. The zero-order valence-electron chi connectivity index (χ0n) is 13.6. The van der Waals surface area contributed by atoms with E-state index in [9.17, 15) is 14.4 Å². The van der Waals surface area contributed by atoms with Crippen LogP contribution in [0.15, 0.2) is 48.5 Å². The Labute approximate surface area is 145 Å². The van der Waals surface area contributed by atoms with Gasteiger partial charge in [0.1, 0.15) is 0 Å². The molecule has 0 fully saturated rings. The highest BCUT2D eigenvalue weighted by molar-refractivity contribution is 6.00. The van der Waals surface area contributed by atoms with Crippen LogP contribution in [-0.2, 0) is 9.59 Å². The standard InChI is InChI=1S/C19H18N2O4/c22-16(13-6-2-1-3-7-13)10-5-11-17(23)20-14-8-4-9-15-19(14)25-12-18(24)21-15/h1-4,6-9H,5,10-12H2,(H,20,23)(H,21,24). The van der Waals surface area contributed by atoms with Gasteiger partial charge < -0.3 is 15.4 Å². The van der Waals surface area contributed by atoms with Crippen molar-refractivity contribution in [3.05, 3.63) is 54.1 Å². The number of ketones is 1. The minimum atomic E-state index is -0.226. The molecule has 0 bridgehead atoms. The summed E-state index contributed by atoms with van der Waals surface area (Å²) in [5, 5.41) is 5.46. The van der Waals surface area contributed by atoms with Gasteiger partial charge in [0.05, 0.1) is 11.4 Å². The summed E-state index contributed by atoms with van der Waals surface area (Å²) in [5.41, 5.74) is 1.70. The maximum Gasteiger partial charge on any atom is 0.262 e. The van der Waals surface area contributed by atoms with E-state index in [2.05, 4.69) is 10.6 Å². The average Bonchev–Trinajstić information content (AvgIpc) is 2.62. The molecule has 0 radical (unpaired) electrons. The van der Waals surface area contributed by atoms with E-state index in [1.54, 1.807) is 30.3 Å². The first kappa shape index (κ1) is 16.7. The Balaban J connectivity index is 1.53. The monoisotopic (exact) mass is 338 g/mol. The third kappa shape index (κ3) is 4.23. The number of anilines is 2. The van der Waals surface area contributed by atoms with Crippen molar-refractivity contribution >= 4 is 29.0 Å². The average molecular weight is 338 g/mol. The van der Waals surface area contributed by atoms with Gasteiger partial charge in [-0.1, -0.05) is 36.4 Å². The number of amides is 2. The van der Waals surface area contributed by atoms with Crippen LogP contribution >= 0.6 is 0 Å². The Morgan fingerprint density at radius 2 is 1.84 bits per heavy atom. The molecule has 6 nitrogen and oxygen atoms in total. The second-order valence-electron chi connectivity index (χ2n) is 5.71. The lowest BCUT2D eigenvalue weighted by atomic mass is 10.1. The molecule has 0 unspecified atom stereocenters. The first-order chi connectivity index (χ1) is 12.1. The molecule has 0 aliphatic carbocycles. The number of fused-ring (bicyclic) bond motifs is 1. The Kier molecular flexibility index (Phi) is 5.09. The molecule has 2 N–H and O–H groups in total.